The maximum absolute atomic E-state index is 14.1. The Morgan fingerprint density at radius 3 is 2.61 bits per heavy atom. The number of halogens is 1. The van der Waals surface area contributed by atoms with Crippen LogP contribution in [0.2, 0.25) is 0 Å². The van der Waals surface area contributed by atoms with E-state index in [0.717, 1.165) is 24.9 Å². The molecule has 0 radical (unpaired) electrons. The Kier molecular flexibility index (Phi) is 8.35. The Morgan fingerprint density at radius 1 is 1.32 bits per heavy atom. The molecule has 1 fully saturated rings. The van der Waals surface area contributed by atoms with Crippen LogP contribution in [0.3, 0.4) is 0 Å². The molecule has 8 heteroatoms. The van der Waals surface area contributed by atoms with Crippen molar-refractivity contribution in [2.75, 3.05) is 45.2 Å². The summed E-state index contributed by atoms with van der Waals surface area (Å²) in [5.74, 6) is 0.455. The SMILES string of the molecule is CCNC(=NCc1ccc(N(C)C)c(F)c1)NC1CCN(C(=O)OCC)CC1. The van der Waals surface area contributed by atoms with Gasteiger partial charge in [-0.25, -0.2) is 14.2 Å². The van der Waals surface area contributed by atoms with Crippen LogP contribution in [-0.4, -0.2) is 63.3 Å². The number of rotatable bonds is 6. The number of hydrogen-bond acceptors (Lipinski definition) is 4. The Hall–Kier alpha value is -2.51. The van der Waals surface area contributed by atoms with Crippen LogP contribution < -0.4 is 15.5 Å². The van der Waals surface area contributed by atoms with Crippen LogP contribution in [0.15, 0.2) is 23.2 Å². The molecule has 1 amide bonds. The molecule has 0 aliphatic carbocycles. The van der Waals surface area contributed by atoms with Gasteiger partial charge >= 0.3 is 6.09 Å². The van der Waals surface area contributed by atoms with Gasteiger partial charge in [0.1, 0.15) is 5.82 Å². The molecule has 0 unspecified atom stereocenters. The predicted octanol–water partition coefficient (Wildman–Crippen LogP) is 2.57. The van der Waals surface area contributed by atoms with E-state index in [1.807, 2.05) is 34.0 Å². The largest absolute Gasteiger partial charge is 0.450 e. The number of ether oxygens (including phenoxy) is 1. The third-order valence-electron chi connectivity index (χ3n) is 4.62. The monoisotopic (exact) mass is 393 g/mol. The number of nitrogens with one attached hydrogen (secondary N) is 2. The fourth-order valence-corrected chi connectivity index (χ4v) is 3.12. The lowest BCUT2D eigenvalue weighted by atomic mass is 10.1. The topological polar surface area (TPSA) is 69.2 Å². The average Bonchev–Trinajstić information content (AvgIpc) is 2.67. The van der Waals surface area contributed by atoms with Crippen molar-refractivity contribution in [1.29, 1.82) is 0 Å². The number of benzene rings is 1. The molecular weight excluding hydrogens is 361 g/mol. The zero-order valence-corrected chi connectivity index (χ0v) is 17.3. The minimum atomic E-state index is -0.248. The van der Waals surface area contributed by atoms with E-state index < -0.39 is 0 Å². The Morgan fingerprint density at radius 2 is 2.04 bits per heavy atom. The number of likely N-dealkylation sites (tertiary alicyclic amines) is 1. The first-order valence-corrected chi connectivity index (χ1v) is 9.86. The summed E-state index contributed by atoms with van der Waals surface area (Å²) in [5.41, 5.74) is 1.38. The number of amides is 1. The third kappa shape index (κ3) is 6.28. The van der Waals surface area contributed by atoms with E-state index in [-0.39, 0.29) is 18.0 Å². The molecule has 2 rings (SSSR count). The highest BCUT2D eigenvalue weighted by atomic mass is 19.1. The van der Waals surface area contributed by atoms with Crippen LogP contribution in [0.4, 0.5) is 14.9 Å². The van der Waals surface area contributed by atoms with Gasteiger partial charge in [0.05, 0.1) is 18.8 Å². The van der Waals surface area contributed by atoms with Crippen LogP contribution in [0.25, 0.3) is 0 Å². The highest BCUT2D eigenvalue weighted by molar-refractivity contribution is 5.80. The van der Waals surface area contributed by atoms with E-state index in [4.69, 9.17) is 4.74 Å². The van der Waals surface area contributed by atoms with Crippen molar-refractivity contribution in [2.45, 2.75) is 39.3 Å². The molecule has 1 saturated heterocycles. The van der Waals surface area contributed by atoms with Crippen LogP contribution in [0.1, 0.15) is 32.3 Å². The Balaban J connectivity index is 1.92. The number of carbonyl (C=O) groups excluding carboxylic acids is 1. The van der Waals surface area contributed by atoms with Gasteiger partial charge in [-0.15, -0.1) is 0 Å². The molecule has 7 nitrogen and oxygen atoms in total. The summed E-state index contributed by atoms with van der Waals surface area (Å²) >= 11 is 0. The van der Waals surface area contributed by atoms with E-state index in [1.165, 1.54) is 6.07 Å². The molecule has 1 heterocycles. The molecule has 0 aromatic heterocycles. The quantitative estimate of drug-likeness (QED) is 0.574. The summed E-state index contributed by atoms with van der Waals surface area (Å²) in [7, 11) is 3.63. The van der Waals surface area contributed by atoms with Gasteiger partial charge < -0.3 is 25.2 Å². The van der Waals surface area contributed by atoms with Crippen LogP contribution in [0, 0.1) is 5.82 Å². The zero-order chi connectivity index (χ0) is 20.5. The first kappa shape index (κ1) is 21.8. The van der Waals surface area contributed by atoms with Crippen LogP contribution >= 0.6 is 0 Å². The molecule has 1 aromatic rings. The van der Waals surface area contributed by atoms with E-state index in [1.54, 1.807) is 15.9 Å². The standard InChI is InChI=1S/C20H32FN5O2/c1-5-22-19(23-14-15-7-8-18(25(3)4)17(21)13-15)24-16-9-11-26(12-10-16)20(27)28-6-2/h7-8,13,16H,5-6,9-12,14H2,1-4H3,(H2,22,23,24). The first-order chi connectivity index (χ1) is 13.4. The second kappa shape index (κ2) is 10.7. The predicted molar refractivity (Wildman–Crippen MR) is 110 cm³/mol. The van der Waals surface area contributed by atoms with Gasteiger partial charge in [0.2, 0.25) is 0 Å². The van der Waals surface area contributed by atoms with Crippen molar-refractivity contribution in [3.05, 3.63) is 29.6 Å². The van der Waals surface area contributed by atoms with Gasteiger partial charge in [-0.2, -0.15) is 0 Å². The number of anilines is 1. The number of aliphatic imine (C=N–C) groups is 1. The molecular formula is C20H32FN5O2. The maximum Gasteiger partial charge on any atom is 0.409 e. The molecule has 2 N–H and O–H groups in total. The molecule has 1 aliphatic rings. The lowest BCUT2D eigenvalue weighted by Crippen LogP contribution is -2.49. The average molecular weight is 394 g/mol. The smallest absolute Gasteiger partial charge is 0.409 e. The second-order valence-electron chi connectivity index (χ2n) is 6.98. The van der Waals surface area contributed by atoms with Crippen molar-refractivity contribution in [2.24, 2.45) is 4.99 Å². The summed E-state index contributed by atoms with van der Waals surface area (Å²) in [5, 5.41) is 6.65. The van der Waals surface area contributed by atoms with E-state index in [2.05, 4.69) is 15.6 Å². The zero-order valence-electron chi connectivity index (χ0n) is 17.3. The lowest BCUT2D eigenvalue weighted by molar-refractivity contribution is 0.0963. The highest BCUT2D eigenvalue weighted by Gasteiger charge is 2.24. The normalized spacial score (nSPS) is 15.3. The van der Waals surface area contributed by atoms with Crippen molar-refractivity contribution >= 4 is 17.7 Å². The minimum absolute atomic E-state index is 0.233. The van der Waals surface area contributed by atoms with Gasteiger partial charge in [0, 0.05) is 39.8 Å². The molecule has 156 valence electrons. The number of guanidine groups is 1. The van der Waals surface area contributed by atoms with E-state index in [9.17, 15) is 9.18 Å². The number of hydrogen-bond donors (Lipinski definition) is 2. The van der Waals surface area contributed by atoms with Crippen molar-refractivity contribution < 1.29 is 13.9 Å². The fourth-order valence-electron chi connectivity index (χ4n) is 3.12. The summed E-state index contributed by atoms with van der Waals surface area (Å²) in [6.07, 6.45) is 1.41. The van der Waals surface area contributed by atoms with Gasteiger partial charge in [-0.3, -0.25) is 0 Å². The third-order valence-corrected chi connectivity index (χ3v) is 4.62. The van der Waals surface area contributed by atoms with Crippen LogP contribution in [-0.2, 0) is 11.3 Å². The molecule has 0 saturated carbocycles. The lowest BCUT2D eigenvalue weighted by Gasteiger charge is -2.32. The maximum atomic E-state index is 14.1. The van der Waals surface area contributed by atoms with Crippen LogP contribution in [0.5, 0.6) is 0 Å². The van der Waals surface area contributed by atoms with Gasteiger partial charge in [-0.1, -0.05) is 6.07 Å². The Labute approximate surface area is 166 Å². The van der Waals surface area contributed by atoms with Gasteiger partial charge in [0.15, 0.2) is 5.96 Å². The van der Waals surface area contributed by atoms with Gasteiger partial charge in [-0.05, 0) is 44.4 Å². The van der Waals surface area contributed by atoms with Gasteiger partial charge in [0.25, 0.3) is 0 Å². The summed E-state index contributed by atoms with van der Waals surface area (Å²) in [6.45, 7) is 6.66. The summed E-state index contributed by atoms with van der Waals surface area (Å²) in [4.78, 5) is 19.9. The molecule has 0 spiro atoms. The molecule has 28 heavy (non-hydrogen) atoms. The molecule has 1 aliphatic heterocycles. The molecule has 0 atom stereocenters. The number of piperidine rings is 1. The summed E-state index contributed by atoms with van der Waals surface area (Å²) < 4.78 is 19.2. The number of nitrogens with zero attached hydrogens (tertiary/aromatic N) is 3. The van der Waals surface area contributed by atoms with Crippen molar-refractivity contribution in [1.82, 2.24) is 15.5 Å². The van der Waals surface area contributed by atoms with Crippen molar-refractivity contribution in [3.8, 4) is 0 Å². The van der Waals surface area contributed by atoms with E-state index in [0.29, 0.717) is 37.9 Å². The summed E-state index contributed by atoms with van der Waals surface area (Å²) in [6, 6.07) is 5.42. The second-order valence-corrected chi connectivity index (χ2v) is 6.98. The van der Waals surface area contributed by atoms with Crippen molar-refractivity contribution in [3.63, 3.8) is 0 Å². The first-order valence-electron chi connectivity index (χ1n) is 9.86. The fraction of sp³-hybridized carbons (Fsp3) is 0.600. The molecule has 1 aromatic carbocycles. The Bertz CT molecular complexity index is 673. The van der Waals surface area contributed by atoms with E-state index >= 15 is 0 Å². The number of carbonyl (C=O) groups is 1. The minimum Gasteiger partial charge on any atom is -0.450 e. The highest BCUT2D eigenvalue weighted by Crippen LogP contribution is 2.18. The molecule has 0 bridgehead atoms.